The van der Waals surface area contributed by atoms with Crippen molar-refractivity contribution in [3.8, 4) is 0 Å². The Kier molecular flexibility index (Phi) is 4.86. The summed E-state index contributed by atoms with van der Waals surface area (Å²) in [6, 6.07) is -0.224. The van der Waals surface area contributed by atoms with Crippen molar-refractivity contribution >= 4 is 12.0 Å². The molecule has 1 aliphatic carbocycles. The molecule has 0 spiro atoms. The first-order valence-electron chi connectivity index (χ1n) is 7.47. The van der Waals surface area contributed by atoms with Crippen LogP contribution in [0.25, 0.3) is 0 Å². The molecule has 1 saturated heterocycles. The average Bonchev–Trinajstić information content (AvgIpc) is 2.42. The highest BCUT2D eigenvalue weighted by Crippen LogP contribution is 2.25. The molecule has 0 aromatic rings. The van der Waals surface area contributed by atoms with E-state index in [4.69, 9.17) is 5.11 Å². The number of carbonyl (C=O) groups excluding carboxylic acids is 1. The minimum atomic E-state index is -0.734. The Bertz CT molecular complexity index is 366. The van der Waals surface area contributed by atoms with Crippen LogP contribution in [0.5, 0.6) is 0 Å². The third kappa shape index (κ3) is 3.42. The van der Waals surface area contributed by atoms with Gasteiger partial charge in [0.25, 0.3) is 0 Å². The highest BCUT2D eigenvalue weighted by molar-refractivity contribution is 5.75. The second kappa shape index (κ2) is 6.43. The Balaban J connectivity index is 1.82. The number of carbonyl (C=O) groups is 2. The van der Waals surface area contributed by atoms with Gasteiger partial charge in [0.05, 0.1) is 18.1 Å². The number of aliphatic hydroxyl groups is 1. The van der Waals surface area contributed by atoms with Gasteiger partial charge in [0, 0.05) is 12.6 Å². The van der Waals surface area contributed by atoms with Crippen molar-refractivity contribution in [1.29, 1.82) is 0 Å². The number of carboxylic acid groups (broad SMARTS) is 1. The SMILES string of the molecule is C[C@@H]1[C@H](O)CCCN1C(=O)NC1CCC(C(=O)O)CC1. The smallest absolute Gasteiger partial charge is 0.317 e. The van der Waals surface area contributed by atoms with Crippen LogP contribution in [0.3, 0.4) is 0 Å². The van der Waals surface area contributed by atoms with Crippen LogP contribution in [0.4, 0.5) is 4.79 Å². The van der Waals surface area contributed by atoms with Crippen LogP contribution in [0.1, 0.15) is 45.4 Å². The van der Waals surface area contributed by atoms with Gasteiger partial charge >= 0.3 is 12.0 Å². The van der Waals surface area contributed by atoms with Gasteiger partial charge in [-0.15, -0.1) is 0 Å². The normalized spacial score (nSPS) is 34.6. The number of likely N-dealkylation sites (tertiary alicyclic amines) is 1. The molecule has 6 nitrogen and oxygen atoms in total. The van der Waals surface area contributed by atoms with Crippen molar-refractivity contribution in [2.75, 3.05) is 6.54 Å². The lowest BCUT2D eigenvalue weighted by Crippen LogP contribution is -2.55. The van der Waals surface area contributed by atoms with E-state index >= 15 is 0 Å². The highest BCUT2D eigenvalue weighted by Gasteiger charge is 2.32. The predicted octanol–water partition coefficient (Wildman–Crippen LogP) is 1.18. The topological polar surface area (TPSA) is 89.9 Å². The van der Waals surface area contributed by atoms with Crippen LogP contribution in [-0.2, 0) is 4.79 Å². The summed E-state index contributed by atoms with van der Waals surface area (Å²) in [5.41, 5.74) is 0. The maximum absolute atomic E-state index is 12.2. The molecule has 2 aliphatic rings. The van der Waals surface area contributed by atoms with Crippen molar-refractivity contribution in [2.45, 2.75) is 63.6 Å². The van der Waals surface area contributed by atoms with E-state index in [1.54, 1.807) is 4.90 Å². The second-order valence-electron chi connectivity index (χ2n) is 5.98. The largest absolute Gasteiger partial charge is 0.481 e. The van der Waals surface area contributed by atoms with Crippen molar-refractivity contribution < 1.29 is 19.8 Å². The number of aliphatic carboxylic acids is 1. The molecule has 2 rings (SSSR count). The Morgan fingerprint density at radius 1 is 1.15 bits per heavy atom. The van der Waals surface area contributed by atoms with Crippen LogP contribution in [0.15, 0.2) is 0 Å². The molecule has 0 radical (unpaired) electrons. The van der Waals surface area contributed by atoms with Crippen molar-refractivity contribution in [2.24, 2.45) is 5.92 Å². The summed E-state index contributed by atoms with van der Waals surface area (Å²) in [7, 11) is 0. The number of hydrogen-bond donors (Lipinski definition) is 3. The van der Waals surface area contributed by atoms with Gasteiger partial charge < -0.3 is 20.4 Å². The van der Waals surface area contributed by atoms with Crippen LogP contribution in [0, 0.1) is 5.92 Å². The molecule has 114 valence electrons. The molecule has 6 heteroatoms. The number of urea groups is 1. The molecule has 20 heavy (non-hydrogen) atoms. The third-order valence-corrected chi connectivity index (χ3v) is 4.61. The van der Waals surface area contributed by atoms with E-state index in [1.807, 2.05) is 6.92 Å². The zero-order valence-corrected chi connectivity index (χ0v) is 11.9. The Morgan fingerprint density at radius 3 is 2.40 bits per heavy atom. The fourth-order valence-electron chi connectivity index (χ4n) is 3.15. The fourth-order valence-corrected chi connectivity index (χ4v) is 3.15. The molecule has 2 atom stereocenters. The van der Waals surface area contributed by atoms with E-state index < -0.39 is 12.1 Å². The summed E-state index contributed by atoms with van der Waals surface area (Å²) < 4.78 is 0. The van der Waals surface area contributed by atoms with E-state index in [2.05, 4.69) is 5.32 Å². The summed E-state index contributed by atoms with van der Waals surface area (Å²) in [6.07, 6.45) is 3.80. The molecular weight excluding hydrogens is 260 g/mol. The molecular formula is C14H24N2O4. The molecule has 2 amide bonds. The van der Waals surface area contributed by atoms with Crippen molar-refractivity contribution in [1.82, 2.24) is 10.2 Å². The molecule has 1 aliphatic heterocycles. The maximum atomic E-state index is 12.2. The standard InChI is InChI=1S/C14H24N2O4/c1-9-12(17)3-2-8-16(9)14(20)15-11-6-4-10(5-7-11)13(18)19/h9-12,17H,2-8H2,1H3,(H,15,20)(H,18,19)/t9-,10?,11?,12-/m1/s1. The number of rotatable bonds is 2. The van der Waals surface area contributed by atoms with E-state index in [1.165, 1.54) is 0 Å². The number of nitrogens with one attached hydrogen (secondary N) is 1. The molecule has 3 N–H and O–H groups in total. The summed E-state index contributed by atoms with van der Waals surface area (Å²) in [6.45, 7) is 2.54. The third-order valence-electron chi connectivity index (χ3n) is 4.61. The number of amides is 2. The van der Waals surface area contributed by atoms with E-state index in [0.29, 0.717) is 32.2 Å². The minimum Gasteiger partial charge on any atom is -0.481 e. The molecule has 2 fully saturated rings. The van der Waals surface area contributed by atoms with Gasteiger partial charge in [0.1, 0.15) is 0 Å². The van der Waals surface area contributed by atoms with Crippen LogP contribution >= 0.6 is 0 Å². The van der Waals surface area contributed by atoms with Gasteiger partial charge in [-0.2, -0.15) is 0 Å². The zero-order valence-electron chi connectivity index (χ0n) is 11.9. The van der Waals surface area contributed by atoms with Gasteiger partial charge in [0.2, 0.25) is 0 Å². The van der Waals surface area contributed by atoms with E-state index in [9.17, 15) is 14.7 Å². The number of carboxylic acids is 1. The molecule has 0 aromatic carbocycles. The fraction of sp³-hybridized carbons (Fsp3) is 0.857. The van der Waals surface area contributed by atoms with Gasteiger partial charge in [-0.05, 0) is 45.4 Å². The van der Waals surface area contributed by atoms with E-state index in [-0.39, 0.29) is 24.0 Å². The van der Waals surface area contributed by atoms with Crippen LogP contribution < -0.4 is 5.32 Å². The molecule has 0 bridgehead atoms. The summed E-state index contributed by atoms with van der Waals surface area (Å²) in [4.78, 5) is 24.8. The van der Waals surface area contributed by atoms with Crippen LogP contribution in [-0.4, -0.2) is 51.8 Å². The summed E-state index contributed by atoms with van der Waals surface area (Å²) in [5.74, 6) is -0.999. The number of aliphatic hydroxyl groups excluding tert-OH is 1. The first-order chi connectivity index (χ1) is 9.49. The number of nitrogens with zero attached hydrogens (tertiary/aromatic N) is 1. The lowest BCUT2D eigenvalue weighted by molar-refractivity contribution is -0.142. The molecule has 1 saturated carbocycles. The zero-order chi connectivity index (χ0) is 14.7. The van der Waals surface area contributed by atoms with Gasteiger partial charge in [-0.25, -0.2) is 4.79 Å². The van der Waals surface area contributed by atoms with Crippen molar-refractivity contribution in [3.05, 3.63) is 0 Å². The van der Waals surface area contributed by atoms with Gasteiger partial charge in [0.15, 0.2) is 0 Å². The lowest BCUT2D eigenvalue weighted by Gasteiger charge is -2.38. The minimum absolute atomic E-state index is 0.0596. The van der Waals surface area contributed by atoms with Gasteiger partial charge in [-0.1, -0.05) is 0 Å². The van der Waals surface area contributed by atoms with E-state index in [0.717, 1.165) is 12.8 Å². The molecule has 0 aromatic heterocycles. The Labute approximate surface area is 119 Å². The van der Waals surface area contributed by atoms with Gasteiger partial charge in [-0.3, -0.25) is 4.79 Å². The van der Waals surface area contributed by atoms with Crippen molar-refractivity contribution in [3.63, 3.8) is 0 Å². The molecule has 0 unspecified atom stereocenters. The number of piperidine rings is 1. The Hall–Kier alpha value is -1.30. The first kappa shape index (κ1) is 15.1. The summed E-state index contributed by atoms with van der Waals surface area (Å²) >= 11 is 0. The van der Waals surface area contributed by atoms with Crippen LogP contribution in [0.2, 0.25) is 0 Å². The number of hydrogen-bond acceptors (Lipinski definition) is 3. The average molecular weight is 284 g/mol. The lowest BCUT2D eigenvalue weighted by atomic mass is 9.86. The predicted molar refractivity (Wildman–Crippen MR) is 73.3 cm³/mol. The highest BCUT2D eigenvalue weighted by atomic mass is 16.4. The molecule has 1 heterocycles. The monoisotopic (exact) mass is 284 g/mol. The maximum Gasteiger partial charge on any atom is 0.317 e. The first-order valence-corrected chi connectivity index (χ1v) is 7.47. The quantitative estimate of drug-likeness (QED) is 0.710. The Morgan fingerprint density at radius 2 is 1.80 bits per heavy atom. The summed E-state index contributed by atoms with van der Waals surface area (Å²) in [5, 5.41) is 21.7. The second-order valence-corrected chi connectivity index (χ2v) is 5.98.